The van der Waals surface area contributed by atoms with Gasteiger partial charge in [0.1, 0.15) is 17.8 Å². The number of aromatic nitrogens is 1. The van der Waals surface area contributed by atoms with Gasteiger partial charge in [-0.25, -0.2) is 9.80 Å². The minimum atomic E-state index is -0.549. The van der Waals surface area contributed by atoms with Crippen LogP contribution >= 0.6 is 0 Å². The van der Waals surface area contributed by atoms with Gasteiger partial charge < -0.3 is 5.11 Å². The number of amides is 3. The Bertz CT molecular complexity index is 741. The maximum Gasteiger partial charge on any atom is 0.344 e. The van der Waals surface area contributed by atoms with Crippen LogP contribution in [-0.4, -0.2) is 39.8 Å². The molecule has 1 saturated heterocycles. The van der Waals surface area contributed by atoms with Crippen molar-refractivity contribution in [1.29, 1.82) is 0 Å². The lowest BCUT2D eigenvalue weighted by Gasteiger charge is -2.06. The zero-order valence-electron chi connectivity index (χ0n) is 10.3. The average molecular weight is 270 g/mol. The predicted octanol–water partition coefficient (Wildman–Crippen LogP) is 0.826. The number of phenols is 1. The van der Waals surface area contributed by atoms with Crippen molar-refractivity contribution in [1.82, 2.24) is 15.3 Å². The molecule has 7 heteroatoms. The van der Waals surface area contributed by atoms with Gasteiger partial charge in [-0.2, -0.15) is 5.10 Å². The molecule has 0 spiro atoms. The molecule has 0 unspecified atom stereocenters. The average Bonchev–Trinajstić information content (AvgIpc) is 2.77. The van der Waals surface area contributed by atoms with Crippen molar-refractivity contribution in [2.75, 3.05) is 6.54 Å². The molecule has 1 aliphatic heterocycles. The topological polar surface area (TPSA) is 94.9 Å². The molecule has 0 aliphatic carbocycles. The third kappa shape index (κ3) is 2.05. The summed E-state index contributed by atoms with van der Waals surface area (Å²) in [5.74, 6) is -0.309. The molecule has 0 bridgehead atoms. The zero-order valence-corrected chi connectivity index (χ0v) is 10.3. The first-order valence-electron chi connectivity index (χ1n) is 5.87. The van der Waals surface area contributed by atoms with E-state index in [0.29, 0.717) is 16.5 Å². The first-order valence-corrected chi connectivity index (χ1v) is 5.87. The van der Waals surface area contributed by atoms with Crippen molar-refractivity contribution < 1.29 is 14.7 Å². The second kappa shape index (κ2) is 4.61. The molecule has 7 nitrogen and oxygen atoms in total. The summed E-state index contributed by atoms with van der Waals surface area (Å²) >= 11 is 0. The smallest absolute Gasteiger partial charge is 0.344 e. The number of carbonyl (C=O) groups excluding carboxylic acids is 2. The molecule has 100 valence electrons. The van der Waals surface area contributed by atoms with Crippen LogP contribution in [0.3, 0.4) is 0 Å². The fourth-order valence-corrected chi connectivity index (χ4v) is 1.95. The molecule has 0 saturated carbocycles. The minimum Gasteiger partial charge on any atom is -0.506 e. The number of aromatic hydroxyl groups is 1. The number of hydrazone groups is 1. The van der Waals surface area contributed by atoms with Crippen LogP contribution < -0.4 is 5.32 Å². The van der Waals surface area contributed by atoms with Crippen molar-refractivity contribution in [2.45, 2.75) is 0 Å². The summed E-state index contributed by atoms with van der Waals surface area (Å²) in [6.45, 7) is -0.0937. The Labute approximate surface area is 113 Å². The molecule has 0 radical (unpaired) electrons. The maximum atomic E-state index is 11.4. The SMILES string of the molecule is O=C1CN(/N=C/c2ccc(O)c3ncccc23)C(=O)N1. The number of carbonyl (C=O) groups is 2. The van der Waals surface area contributed by atoms with E-state index < -0.39 is 6.03 Å². The summed E-state index contributed by atoms with van der Waals surface area (Å²) in [6.07, 6.45) is 3.04. The summed E-state index contributed by atoms with van der Waals surface area (Å²) < 4.78 is 0. The van der Waals surface area contributed by atoms with E-state index in [1.807, 2.05) is 0 Å². The minimum absolute atomic E-state index is 0.0758. The van der Waals surface area contributed by atoms with Gasteiger partial charge in [-0.05, 0) is 18.2 Å². The molecular formula is C13H10N4O3. The number of hydrogen-bond donors (Lipinski definition) is 2. The molecule has 2 N–H and O–H groups in total. The molecular weight excluding hydrogens is 260 g/mol. The second-order valence-corrected chi connectivity index (χ2v) is 4.23. The van der Waals surface area contributed by atoms with Gasteiger partial charge in [0.2, 0.25) is 5.91 Å². The molecule has 1 aromatic heterocycles. The van der Waals surface area contributed by atoms with Crippen LogP contribution in [0.2, 0.25) is 0 Å². The van der Waals surface area contributed by atoms with Crippen molar-refractivity contribution in [3.05, 3.63) is 36.0 Å². The van der Waals surface area contributed by atoms with Crippen LogP contribution in [0.4, 0.5) is 4.79 Å². The second-order valence-electron chi connectivity index (χ2n) is 4.23. The number of imide groups is 1. The van der Waals surface area contributed by atoms with Crippen LogP contribution in [-0.2, 0) is 4.79 Å². The summed E-state index contributed by atoms with van der Waals surface area (Å²) in [5, 5.41) is 17.6. The number of nitrogens with zero attached hydrogens (tertiary/aromatic N) is 3. The van der Waals surface area contributed by atoms with Gasteiger partial charge in [-0.1, -0.05) is 6.07 Å². The van der Waals surface area contributed by atoms with Crippen LogP contribution in [0.5, 0.6) is 5.75 Å². The number of fused-ring (bicyclic) bond motifs is 1. The highest BCUT2D eigenvalue weighted by Crippen LogP contribution is 2.24. The Hall–Kier alpha value is -2.96. The predicted molar refractivity (Wildman–Crippen MR) is 71.2 cm³/mol. The normalized spacial score (nSPS) is 15.3. The van der Waals surface area contributed by atoms with Gasteiger partial charge in [-0.3, -0.25) is 15.1 Å². The monoisotopic (exact) mass is 270 g/mol. The Balaban J connectivity index is 1.97. The first kappa shape index (κ1) is 12.1. The van der Waals surface area contributed by atoms with Crippen LogP contribution in [0.25, 0.3) is 10.9 Å². The van der Waals surface area contributed by atoms with E-state index in [0.717, 1.165) is 5.01 Å². The van der Waals surface area contributed by atoms with Crippen molar-refractivity contribution in [3.63, 3.8) is 0 Å². The van der Waals surface area contributed by atoms with E-state index in [-0.39, 0.29) is 18.2 Å². The molecule has 1 fully saturated rings. The fourth-order valence-electron chi connectivity index (χ4n) is 1.95. The number of hydrogen-bond acceptors (Lipinski definition) is 5. The van der Waals surface area contributed by atoms with Crippen LogP contribution in [0.15, 0.2) is 35.6 Å². The van der Waals surface area contributed by atoms with Crippen molar-refractivity contribution in [3.8, 4) is 5.75 Å². The van der Waals surface area contributed by atoms with Gasteiger partial charge in [-0.15, -0.1) is 0 Å². The van der Waals surface area contributed by atoms with Crippen LogP contribution in [0.1, 0.15) is 5.56 Å². The Morgan fingerprint density at radius 1 is 1.35 bits per heavy atom. The quantitative estimate of drug-likeness (QED) is 0.624. The molecule has 2 heterocycles. The maximum absolute atomic E-state index is 11.4. The van der Waals surface area contributed by atoms with Crippen molar-refractivity contribution >= 4 is 29.1 Å². The van der Waals surface area contributed by atoms with E-state index >= 15 is 0 Å². The Kier molecular flexibility index (Phi) is 2.79. The number of benzene rings is 1. The Morgan fingerprint density at radius 2 is 2.20 bits per heavy atom. The molecule has 3 rings (SSSR count). The van der Waals surface area contributed by atoms with Crippen molar-refractivity contribution in [2.24, 2.45) is 5.10 Å². The molecule has 0 atom stereocenters. The Morgan fingerprint density at radius 3 is 2.95 bits per heavy atom. The first-order chi connectivity index (χ1) is 9.65. The fraction of sp³-hybridized carbons (Fsp3) is 0.0769. The van der Waals surface area contributed by atoms with Gasteiger partial charge in [0.05, 0.1) is 6.21 Å². The molecule has 20 heavy (non-hydrogen) atoms. The third-order valence-electron chi connectivity index (χ3n) is 2.89. The molecule has 2 aromatic rings. The summed E-state index contributed by atoms with van der Waals surface area (Å²) in [4.78, 5) is 26.5. The van der Waals surface area contributed by atoms with Gasteiger partial charge in [0.25, 0.3) is 0 Å². The van der Waals surface area contributed by atoms with E-state index in [1.165, 1.54) is 12.3 Å². The van der Waals surface area contributed by atoms with Crippen LogP contribution in [0, 0.1) is 0 Å². The number of pyridine rings is 1. The number of phenolic OH excluding ortho intramolecular Hbond substituents is 1. The number of nitrogens with one attached hydrogen (secondary N) is 1. The standard InChI is InChI=1S/C13H10N4O3/c18-10-4-3-8(9-2-1-5-14-12(9)10)6-15-17-7-11(19)16-13(17)20/h1-6,18H,7H2,(H,16,19,20)/b15-6+. The largest absolute Gasteiger partial charge is 0.506 e. The van der Waals surface area contributed by atoms with E-state index in [9.17, 15) is 14.7 Å². The zero-order chi connectivity index (χ0) is 14.1. The number of urea groups is 1. The van der Waals surface area contributed by atoms with E-state index in [4.69, 9.17) is 0 Å². The molecule has 1 aliphatic rings. The lowest BCUT2D eigenvalue weighted by Crippen LogP contribution is -2.24. The number of rotatable bonds is 2. The van der Waals surface area contributed by atoms with E-state index in [1.54, 1.807) is 24.4 Å². The molecule has 3 amide bonds. The summed E-state index contributed by atoms with van der Waals surface area (Å²) in [5.41, 5.74) is 1.15. The van der Waals surface area contributed by atoms with Gasteiger partial charge in [0.15, 0.2) is 0 Å². The highest BCUT2D eigenvalue weighted by molar-refractivity contribution is 6.03. The lowest BCUT2D eigenvalue weighted by molar-refractivity contribution is -0.118. The van der Waals surface area contributed by atoms with E-state index in [2.05, 4.69) is 15.4 Å². The van der Waals surface area contributed by atoms with Gasteiger partial charge in [0, 0.05) is 17.1 Å². The lowest BCUT2D eigenvalue weighted by atomic mass is 10.1. The summed E-state index contributed by atoms with van der Waals surface area (Å²) in [6, 6.07) is 6.15. The summed E-state index contributed by atoms with van der Waals surface area (Å²) in [7, 11) is 0. The third-order valence-corrected chi connectivity index (χ3v) is 2.89. The van der Waals surface area contributed by atoms with Gasteiger partial charge >= 0.3 is 6.03 Å². The highest BCUT2D eigenvalue weighted by Gasteiger charge is 2.25. The molecule has 1 aromatic carbocycles. The highest BCUT2D eigenvalue weighted by atomic mass is 16.3.